The first-order valence-electron chi connectivity index (χ1n) is 12.1. The van der Waals surface area contributed by atoms with Crippen molar-refractivity contribution < 1.29 is 53.4 Å². The molecule has 42 heavy (non-hydrogen) atoms. The van der Waals surface area contributed by atoms with Crippen LogP contribution >= 0.6 is 0 Å². The van der Waals surface area contributed by atoms with Gasteiger partial charge in [0.1, 0.15) is 11.6 Å². The zero-order valence-corrected chi connectivity index (χ0v) is 21.0. The highest BCUT2D eigenvalue weighted by Gasteiger charge is 2.40. The molecule has 6 nitrogen and oxygen atoms in total. The van der Waals surface area contributed by atoms with Gasteiger partial charge in [-0.25, -0.2) is 9.37 Å². The molecule has 0 bridgehead atoms. The van der Waals surface area contributed by atoms with Gasteiger partial charge in [-0.3, -0.25) is 9.59 Å². The van der Waals surface area contributed by atoms with Crippen LogP contribution in [0.3, 0.4) is 0 Å². The predicted molar refractivity (Wildman–Crippen MR) is 125 cm³/mol. The molecule has 3 aromatic rings. The smallest absolute Gasteiger partial charge is 0.373 e. The van der Waals surface area contributed by atoms with Gasteiger partial charge in [-0.1, -0.05) is 24.3 Å². The van der Waals surface area contributed by atoms with Gasteiger partial charge in [-0.15, -0.1) is 0 Å². The zero-order valence-electron chi connectivity index (χ0n) is 21.0. The monoisotopic (exact) mass is 611 g/mol. The minimum Gasteiger partial charge on any atom is -0.373 e. The summed E-state index contributed by atoms with van der Waals surface area (Å²) in [5, 5.41) is 2.31. The molecule has 0 unspecified atom stereocenters. The third-order valence-electron chi connectivity index (χ3n) is 6.51. The standard InChI is InChI=1S/C26H19F10N3O3/c27-21-12(5-6-17(25(31,32)33)20(21)22-38-18(26(34,35)36)9-19(40)39-22)10-37-23(41)14-7-15(8-14)42-11-13-3-1-2-4-16(13)24(28,29)30/h1-6,9,14-15H,7-8,10-11H2,(H,37,41)(H,38,39,40)/t14-,15+. The van der Waals surface area contributed by atoms with Gasteiger partial charge in [0.15, 0.2) is 5.69 Å². The highest BCUT2D eigenvalue weighted by Crippen LogP contribution is 2.39. The Balaban J connectivity index is 1.44. The molecule has 0 aliphatic heterocycles. The van der Waals surface area contributed by atoms with Gasteiger partial charge in [0.05, 0.1) is 29.4 Å². The number of nitrogens with zero attached hydrogens (tertiary/aromatic N) is 1. The number of benzene rings is 2. The maximum Gasteiger partial charge on any atom is 0.433 e. The summed E-state index contributed by atoms with van der Waals surface area (Å²) in [6, 6.07) is 5.87. The van der Waals surface area contributed by atoms with E-state index in [1.165, 1.54) is 18.2 Å². The van der Waals surface area contributed by atoms with Gasteiger partial charge in [0.2, 0.25) is 5.91 Å². The summed E-state index contributed by atoms with van der Waals surface area (Å²) >= 11 is 0. The van der Waals surface area contributed by atoms with Gasteiger partial charge in [-0.2, -0.15) is 39.5 Å². The van der Waals surface area contributed by atoms with E-state index in [2.05, 4.69) is 10.3 Å². The van der Waals surface area contributed by atoms with Crippen LogP contribution in [0.15, 0.2) is 47.3 Å². The van der Waals surface area contributed by atoms with Gasteiger partial charge in [-0.05, 0) is 30.5 Å². The van der Waals surface area contributed by atoms with E-state index >= 15 is 4.39 Å². The molecule has 1 aliphatic carbocycles. The molecule has 1 aromatic heterocycles. The van der Waals surface area contributed by atoms with Crippen LogP contribution in [-0.2, 0) is 41.2 Å². The van der Waals surface area contributed by atoms with Crippen LogP contribution in [0.4, 0.5) is 43.9 Å². The molecule has 226 valence electrons. The topological polar surface area (TPSA) is 84.1 Å². The number of alkyl halides is 9. The third kappa shape index (κ3) is 6.91. The van der Waals surface area contributed by atoms with Crippen molar-refractivity contribution in [2.45, 2.75) is 50.6 Å². The van der Waals surface area contributed by atoms with Crippen molar-refractivity contribution in [3.63, 3.8) is 0 Å². The fourth-order valence-corrected chi connectivity index (χ4v) is 4.32. The van der Waals surface area contributed by atoms with Crippen LogP contribution in [0, 0.1) is 11.7 Å². The van der Waals surface area contributed by atoms with Crippen LogP contribution in [0.1, 0.15) is 40.8 Å². The van der Waals surface area contributed by atoms with Crippen LogP contribution in [0.2, 0.25) is 0 Å². The van der Waals surface area contributed by atoms with E-state index in [-0.39, 0.29) is 31.1 Å². The molecule has 1 aliphatic rings. The van der Waals surface area contributed by atoms with E-state index in [4.69, 9.17) is 4.74 Å². The largest absolute Gasteiger partial charge is 0.433 e. The second-order valence-corrected chi connectivity index (χ2v) is 9.41. The van der Waals surface area contributed by atoms with E-state index < -0.39 is 88.2 Å². The number of rotatable bonds is 7. The van der Waals surface area contributed by atoms with E-state index in [0.717, 1.165) is 6.07 Å². The Morgan fingerprint density at radius 2 is 1.55 bits per heavy atom. The summed E-state index contributed by atoms with van der Waals surface area (Å²) in [6.45, 7) is -1.03. The van der Waals surface area contributed by atoms with Gasteiger partial charge >= 0.3 is 18.5 Å². The van der Waals surface area contributed by atoms with Crippen LogP contribution in [0.25, 0.3) is 11.4 Å². The lowest BCUT2D eigenvalue weighted by Crippen LogP contribution is -2.42. The van der Waals surface area contributed by atoms with Crippen LogP contribution < -0.4 is 10.9 Å². The second kappa shape index (κ2) is 11.4. The molecule has 0 spiro atoms. The fourth-order valence-electron chi connectivity index (χ4n) is 4.32. The van der Waals surface area contributed by atoms with E-state index in [1.54, 1.807) is 4.98 Å². The number of ether oxygens (including phenoxy) is 1. The molecule has 1 saturated carbocycles. The molecule has 16 heteroatoms. The van der Waals surface area contributed by atoms with Crippen molar-refractivity contribution in [1.29, 1.82) is 0 Å². The minimum atomic E-state index is -5.24. The average molecular weight is 611 g/mol. The summed E-state index contributed by atoms with van der Waals surface area (Å²) in [6.07, 6.45) is -15.4. The lowest BCUT2D eigenvalue weighted by atomic mass is 9.81. The molecule has 0 radical (unpaired) electrons. The van der Waals surface area contributed by atoms with E-state index in [9.17, 15) is 49.1 Å². The number of H-pyrrole nitrogens is 1. The first-order chi connectivity index (χ1) is 19.4. The predicted octanol–water partition coefficient (Wildman–Crippen LogP) is 6.24. The minimum absolute atomic E-state index is 0.00340. The summed E-state index contributed by atoms with van der Waals surface area (Å²) in [5.41, 5.74) is -7.94. The molecule has 1 heterocycles. The molecule has 1 fully saturated rings. The van der Waals surface area contributed by atoms with Gasteiger partial charge in [0.25, 0.3) is 5.56 Å². The summed E-state index contributed by atoms with van der Waals surface area (Å²) < 4.78 is 140. The normalized spacial score (nSPS) is 17.6. The molecule has 2 aromatic carbocycles. The lowest BCUT2D eigenvalue weighted by molar-refractivity contribution is -0.142. The molecule has 1 amide bonds. The van der Waals surface area contributed by atoms with Gasteiger partial charge < -0.3 is 15.0 Å². The second-order valence-electron chi connectivity index (χ2n) is 9.41. The SMILES string of the molecule is O=c1cc(C(F)(F)F)nc(-c2c(C(F)(F)F)ccc(CNC(=O)[C@H]3C[C@@H](OCc4ccccc4C(F)(F)F)C3)c2F)[nH]1. The van der Waals surface area contributed by atoms with Crippen molar-refractivity contribution in [2.24, 2.45) is 5.92 Å². The Kier molecular flexibility index (Phi) is 8.40. The molecule has 4 rings (SSSR count). The van der Waals surface area contributed by atoms with E-state index in [0.29, 0.717) is 12.1 Å². The highest BCUT2D eigenvalue weighted by molar-refractivity contribution is 5.79. The first-order valence-corrected chi connectivity index (χ1v) is 12.1. The maximum atomic E-state index is 15.3. The summed E-state index contributed by atoms with van der Waals surface area (Å²) in [4.78, 5) is 28.9. The molecular formula is C26H19F10N3O3. The van der Waals surface area contributed by atoms with Crippen LogP contribution in [-0.4, -0.2) is 22.0 Å². The maximum absolute atomic E-state index is 15.3. The molecule has 0 saturated heterocycles. The fraction of sp³-hybridized carbons (Fsp3) is 0.346. The van der Waals surface area contributed by atoms with Crippen molar-refractivity contribution in [1.82, 2.24) is 15.3 Å². The lowest BCUT2D eigenvalue weighted by Gasteiger charge is -2.34. The number of nitrogens with one attached hydrogen (secondary N) is 2. The number of halogens is 10. The van der Waals surface area contributed by atoms with Crippen molar-refractivity contribution >= 4 is 5.91 Å². The Labute approximate surface area is 229 Å². The van der Waals surface area contributed by atoms with Gasteiger partial charge in [0, 0.05) is 24.1 Å². The molecule has 0 atom stereocenters. The average Bonchev–Trinajstić information content (AvgIpc) is 2.85. The van der Waals surface area contributed by atoms with Crippen LogP contribution in [0.5, 0.6) is 0 Å². The molecule has 2 N–H and O–H groups in total. The summed E-state index contributed by atoms with van der Waals surface area (Å²) in [5.74, 6) is -4.31. The Hall–Kier alpha value is -3.95. The Morgan fingerprint density at radius 3 is 2.17 bits per heavy atom. The van der Waals surface area contributed by atoms with Crippen molar-refractivity contribution in [3.8, 4) is 11.4 Å². The first kappa shape index (κ1) is 31.0. The zero-order chi connectivity index (χ0) is 31.0. The number of hydrogen-bond donors (Lipinski definition) is 2. The van der Waals surface area contributed by atoms with Crippen molar-refractivity contribution in [2.75, 3.05) is 0 Å². The number of aromatic amines is 1. The number of carbonyl (C=O) groups is 1. The number of hydrogen-bond acceptors (Lipinski definition) is 4. The number of aromatic nitrogens is 2. The molecular weight excluding hydrogens is 592 g/mol. The van der Waals surface area contributed by atoms with Crippen molar-refractivity contribution in [3.05, 3.63) is 86.6 Å². The van der Waals surface area contributed by atoms with E-state index in [1.807, 2.05) is 0 Å². The third-order valence-corrected chi connectivity index (χ3v) is 6.51. The number of carbonyl (C=O) groups excluding carboxylic acids is 1. The Morgan fingerprint density at radius 1 is 0.905 bits per heavy atom. The highest BCUT2D eigenvalue weighted by atomic mass is 19.4. The number of amides is 1. The summed E-state index contributed by atoms with van der Waals surface area (Å²) in [7, 11) is 0. The quantitative estimate of drug-likeness (QED) is 0.310. The Bertz CT molecular complexity index is 1520.